The molecule has 1 saturated heterocycles. The van der Waals surface area contributed by atoms with Crippen LogP contribution in [-0.2, 0) is 9.84 Å². The third-order valence-electron chi connectivity index (χ3n) is 3.87. The summed E-state index contributed by atoms with van der Waals surface area (Å²) < 4.78 is 37.3. The summed E-state index contributed by atoms with van der Waals surface area (Å²) in [4.78, 5) is 12.4. The van der Waals surface area contributed by atoms with Gasteiger partial charge < -0.3 is 5.32 Å². The van der Waals surface area contributed by atoms with Gasteiger partial charge in [-0.3, -0.25) is 4.79 Å². The fourth-order valence-electron chi connectivity index (χ4n) is 2.68. The van der Waals surface area contributed by atoms with E-state index >= 15 is 0 Å². The normalized spacial score (nSPS) is 19.4. The molecule has 6 nitrogen and oxygen atoms in total. The Morgan fingerprint density at radius 1 is 1.38 bits per heavy atom. The molecule has 1 amide bonds. The van der Waals surface area contributed by atoms with Crippen LogP contribution in [0.3, 0.4) is 0 Å². The van der Waals surface area contributed by atoms with Crippen molar-refractivity contribution >= 4 is 27.3 Å². The summed E-state index contributed by atoms with van der Waals surface area (Å²) in [5.41, 5.74) is 1.11. The Morgan fingerprint density at radius 2 is 2.04 bits per heavy atom. The van der Waals surface area contributed by atoms with E-state index in [1.807, 2.05) is 0 Å². The minimum absolute atomic E-state index is 0.0680. The number of rotatable bonds is 3. The summed E-state index contributed by atoms with van der Waals surface area (Å²) in [7, 11) is -3.09. The number of aromatic nitrogens is 2. The number of sulfone groups is 1. The maximum Gasteiger partial charge on any atom is 0.256 e. The topological polar surface area (TPSA) is 81.1 Å². The second-order valence-corrected chi connectivity index (χ2v) is 8.30. The van der Waals surface area contributed by atoms with Crippen molar-refractivity contribution in [3.8, 4) is 5.69 Å². The molecule has 3 rings (SSSR count). The number of nitrogens with one attached hydrogen (secondary N) is 1. The van der Waals surface area contributed by atoms with E-state index in [0.29, 0.717) is 17.8 Å². The van der Waals surface area contributed by atoms with E-state index in [0.717, 1.165) is 0 Å². The van der Waals surface area contributed by atoms with Crippen molar-refractivity contribution in [1.82, 2.24) is 15.1 Å². The lowest BCUT2D eigenvalue weighted by Crippen LogP contribution is -2.35. The predicted molar refractivity (Wildman–Crippen MR) is 87.8 cm³/mol. The van der Waals surface area contributed by atoms with Crippen LogP contribution in [-0.4, -0.2) is 41.7 Å². The summed E-state index contributed by atoms with van der Waals surface area (Å²) >= 11 is 6.27. The molecule has 2 aromatic rings. The van der Waals surface area contributed by atoms with Crippen LogP contribution in [0.25, 0.3) is 5.69 Å². The average Bonchev–Trinajstić information content (AvgIpc) is 2.99. The number of carbonyl (C=O) groups is 1. The molecule has 128 valence electrons. The number of carbonyl (C=O) groups excluding carboxylic acids is 1. The van der Waals surface area contributed by atoms with Gasteiger partial charge in [0.2, 0.25) is 0 Å². The largest absolute Gasteiger partial charge is 0.348 e. The van der Waals surface area contributed by atoms with E-state index in [4.69, 9.17) is 11.6 Å². The smallest absolute Gasteiger partial charge is 0.256 e. The van der Waals surface area contributed by atoms with Crippen molar-refractivity contribution in [1.29, 1.82) is 0 Å². The highest BCUT2D eigenvalue weighted by molar-refractivity contribution is 7.91. The van der Waals surface area contributed by atoms with Crippen LogP contribution in [0.4, 0.5) is 4.39 Å². The molecular weight excluding hydrogens is 357 g/mol. The number of halogens is 2. The van der Waals surface area contributed by atoms with Crippen LogP contribution in [0, 0.1) is 12.7 Å². The maximum atomic E-state index is 13.0. The second kappa shape index (κ2) is 6.18. The molecule has 2 heterocycles. The third kappa shape index (κ3) is 3.29. The number of hydrogen-bond donors (Lipinski definition) is 1. The van der Waals surface area contributed by atoms with Gasteiger partial charge in [0.05, 0.1) is 28.5 Å². The molecule has 24 heavy (non-hydrogen) atoms. The van der Waals surface area contributed by atoms with Crippen LogP contribution >= 0.6 is 11.6 Å². The van der Waals surface area contributed by atoms with Gasteiger partial charge in [0.1, 0.15) is 11.0 Å². The summed E-state index contributed by atoms with van der Waals surface area (Å²) in [6.07, 6.45) is 0.386. The van der Waals surface area contributed by atoms with Crippen molar-refractivity contribution in [2.45, 2.75) is 19.4 Å². The Morgan fingerprint density at radius 3 is 2.62 bits per heavy atom. The summed E-state index contributed by atoms with van der Waals surface area (Å²) in [6.45, 7) is 1.63. The van der Waals surface area contributed by atoms with Gasteiger partial charge in [0.25, 0.3) is 5.91 Å². The molecule has 1 aromatic carbocycles. The van der Waals surface area contributed by atoms with E-state index in [1.54, 1.807) is 6.92 Å². The standard InChI is InChI=1S/C15H15ClFN3O3S/c1-9-13(15(21)18-11-6-7-24(22,23)8-11)14(16)20(19-9)12-4-2-10(17)3-5-12/h2-5,11H,6-8H2,1H3,(H,18,21). The van der Waals surface area contributed by atoms with E-state index in [-0.39, 0.29) is 28.0 Å². The molecule has 1 atom stereocenters. The number of benzene rings is 1. The van der Waals surface area contributed by atoms with Gasteiger partial charge in [-0.15, -0.1) is 0 Å². The van der Waals surface area contributed by atoms with Crippen LogP contribution in [0.2, 0.25) is 5.15 Å². The minimum Gasteiger partial charge on any atom is -0.348 e. The molecule has 1 N–H and O–H groups in total. The molecule has 0 bridgehead atoms. The number of amides is 1. The lowest BCUT2D eigenvalue weighted by molar-refractivity contribution is 0.0940. The SMILES string of the molecule is Cc1nn(-c2ccc(F)cc2)c(Cl)c1C(=O)NC1CCS(=O)(=O)C1. The monoisotopic (exact) mass is 371 g/mol. The highest BCUT2D eigenvalue weighted by atomic mass is 35.5. The van der Waals surface area contributed by atoms with Gasteiger partial charge in [-0.1, -0.05) is 11.6 Å². The lowest BCUT2D eigenvalue weighted by Gasteiger charge is -2.10. The molecule has 0 saturated carbocycles. The molecule has 1 aromatic heterocycles. The molecule has 9 heteroatoms. The molecule has 1 fully saturated rings. The predicted octanol–water partition coefficient (Wildman–Crippen LogP) is 1.89. The van der Waals surface area contributed by atoms with Crippen molar-refractivity contribution in [2.24, 2.45) is 0 Å². The van der Waals surface area contributed by atoms with Gasteiger partial charge in [-0.2, -0.15) is 5.10 Å². The van der Waals surface area contributed by atoms with E-state index < -0.39 is 21.8 Å². The first-order valence-electron chi connectivity index (χ1n) is 7.29. The highest BCUT2D eigenvalue weighted by Gasteiger charge is 2.31. The summed E-state index contributed by atoms with van der Waals surface area (Å²) in [6, 6.07) is 5.11. The van der Waals surface area contributed by atoms with Crippen molar-refractivity contribution in [3.05, 3.63) is 46.5 Å². The maximum absolute atomic E-state index is 13.0. The Kier molecular flexibility index (Phi) is 4.35. The number of aryl methyl sites for hydroxylation is 1. The third-order valence-corrected chi connectivity index (χ3v) is 5.99. The Hall–Kier alpha value is -1.93. The number of nitrogens with zero attached hydrogens (tertiary/aromatic N) is 2. The number of hydrogen-bond acceptors (Lipinski definition) is 4. The molecule has 1 aliphatic heterocycles. The van der Waals surface area contributed by atoms with Gasteiger partial charge in [0.15, 0.2) is 9.84 Å². The summed E-state index contributed by atoms with van der Waals surface area (Å²) in [5.74, 6) is -0.854. The Balaban J connectivity index is 1.86. The van der Waals surface area contributed by atoms with Gasteiger partial charge in [0, 0.05) is 6.04 Å². The molecule has 0 radical (unpaired) electrons. The molecule has 0 aliphatic carbocycles. The fourth-order valence-corrected chi connectivity index (χ4v) is 4.71. The van der Waals surface area contributed by atoms with Crippen LogP contribution in [0.5, 0.6) is 0 Å². The minimum atomic E-state index is -3.09. The van der Waals surface area contributed by atoms with Gasteiger partial charge in [-0.25, -0.2) is 17.5 Å². The van der Waals surface area contributed by atoms with E-state index in [2.05, 4.69) is 10.4 Å². The molecular formula is C15H15ClFN3O3S. The first-order valence-corrected chi connectivity index (χ1v) is 9.49. The van der Waals surface area contributed by atoms with E-state index in [1.165, 1.54) is 28.9 Å². The van der Waals surface area contributed by atoms with Crippen molar-refractivity contribution in [2.75, 3.05) is 11.5 Å². The van der Waals surface area contributed by atoms with Crippen LogP contribution < -0.4 is 5.32 Å². The van der Waals surface area contributed by atoms with E-state index in [9.17, 15) is 17.6 Å². The van der Waals surface area contributed by atoms with Gasteiger partial charge >= 0.3 is 0 Å². The highest BCUT2D eigenvalue weighted by Crippen LogP contribution is 2.24. The van der Waals surface area contributed by atoms with Crippen LogP contribution in [0.1, 0.15) is 22.5 Å². The van der Waals surface area contributed by atoms with Crippen molar-refractivity contribution < 1.29 is 17.6 Å². The Labute approximate surface area is 143 Å². The lowest BCUT2D eigenvalue weighted by atomic mass is 10.2. The van der Waals surface area contributed by atoms with Gasteiger partial charge in [-0.05, 0) is 37.6 Å². The quantitative estimate of drug-likeness (QED) is 0.893. The molecule has 1 unspecified atom stereocenters. The second-order valence-electron chi connectivity index (χ2n) is 5.71. The molecule has 0 spiro atoms. The van der Waals surface area contributed by atoms with Crippen molar-refractivity contribution in [3.63, 3.8) is 0 Å². The summed E-state index contributed by atoms with van der Waals surface area (Å²) in [5, 5.41) is 7.00. The molecule has 1 aliphatic rings. The fraction of sp³-hybridized carbons (Fsp3) is 0.333. The first kappa shape index (κ1) is 16.9. The van der Waals surface area contributed by atoms with Crippen LogP contribution in [0.15, 0.2) is 24.3 Å². The average molecular weight is 372 g/mol. The first-order chi connectivity index (χ1) is 11.3. The zero-order valence-corrected chi connectivity index (χ0v) is 14.4. The Bertz CT molecular complexity index is 893. The zero-order chi connectivity index (χ0) is 17.5. The zero-order valence-electron chi connectivity index (χ0n) is 12.8.